The summed E-state index contributed by atoms with van der Waals surface area (Å²) >= 11 is 4.45. The van der Waals surface area contributed by atoms with Crippen molar-refractivity contribution in [3.8, 4) is 0 Å². The van der Waals surface area contributed by atoms with Gasteiger partial charge in [-0.1, -0.05) is 28.1 Å². The summed E-state index contributed by atoms with van der Waals surface area (Å²) in [7, 11) is 1.44. The Kier molecular flexibility index (Phi) is 6.71. The molecule has 2 aromatic rings. The maximum absolute atomic E-state index is 12.5. The number of nitrogens with zero attached hydrogens (tertiary/aromatic N) is 1. The molecular formula is C20H17BrN2O5S. The molecule has 1 aliphatic heterocycles. The average molecular weight is 477 g/mol. The van der Waals surface area contributed by atoms with Crippen LogP contribution in [0.25, 0.3) is 0 Å². The highest BCUT2D eigenvalue weighted by atomic mass is 79.9. The largest absolute Gasteiger partial charge is 0.452 e. The first-order valence-electron chi connectivity index (χ1n) is 8.64. The van der Waals surface area contributed by atoms with Gasteiger partial charge in [0, 0.05) is 28.5 Å². The quantitative estimate of drug-likeness (QED) is 0.508. The van der Waals surface area contributed by atoms with Crippen LogP contribution >= 0.6 is 27.7 Å². The number of amides is 3. The molecule has 0 radical (unpaired) electrons. The van der Waals surface area contributed by atoms with E-state index >= 15 is 0 Å². The van der Waals surface area contributed by atoms with Gasteiger partial charge in [-0.25, -0.2) is 4.79 Å². The van der Waals surface area contributed by atoms with Crippen LogP contribution in [-0.2, 0) is 19.1 Å². The number of benzene rings is 2. The van der Waals surface area contributed by atoms with Gasteiger partial charge >= 0.3 is 5.97 Å². The van der Waals surface area contributed by atoms with Gasteiger partial charge in [0.2, 0.25) is 11.8 Å². The molecule has 3 rings (SSSR count). The van der Waals surface area contributed by atoms with E-state index in [1.54, 1.807) is 48.5 Å². The van der Waals surface area contributed by atoms with Crippen LogP contribution in [0.5, 0.6) is 0 Å². The Labute approximate surface area is 179 Å². The molecule has 150 valence electrons. The SMILES string of the molecule is CN1C(=O)CC(Sc2ccccc2C(=O)OCC(=O)Nc2ccc(Br)cc2)C1=O. The number of imide groups is 1. The predicted molar refractivity (Wildman–Crippen MR) is 112 cm³/mol. The molecule has 2 aromatic carbocycles. The topological polar surface area (TPSA) is 92.8 Å². The molecule has 7 nitrogen and oxygen atoms in total. The Morgan fingerprint density at radius 1 is 1.17 bits per heavy atom. The van der Waals surface area contributed by atoms with Crippen LogP contribution in [0.15, 0.2) is 57.9 Å². The van der Waals surface area contributed by atoms with Crippen LogP contribution in [-0.4, -0.2) is 47.5 Å². The molecule has 1 N–H and O–H groups in total. The van der Waals surface area contributed by atoms with Gasteiger partial charge in [-0.15, -0.1) is 11.8 Å². The van der Waals surface area contributed by atoms with E-state index < -0.39 is 23.7 Å². The summed E-state index contributed by atoms with van der Waals surface area (Å²) in [4.78, 5) is 49.9. The monoisotopic (exact) mass is 476 g/mol. The van der Waals surface area contributed by atoms with Crippen molar-refractivity contribution < 1.29 is 23.9 Å². The zero-order chi connectivity index (χ0) is 21.0. The molecule has 0 bridgehead atoms. The number of carbonyl (C=O) groups is 4. The third-order valence-electron chi connectivity index (χ3n) is 4.18. The van der Waals surface area contributed by atoms with E-state index in [0.717, 1.165) is 21.1 Å². The van der Waals surface area contributed by atoms with Crippen molar-refractivity contribution in [2.24, 2.45) is 0 Å². The minimum Gasteiger partial charge on any atom is -0.452 e. The van der Waals surface area contributed by atoms with Gasteiger partial charge in [-0.3, -0.25) is 19.3 Å². The number of carbonyl (C=O) groups excluding carboxylic acids is 4. The van der Waals surface area contributed by atoms with E-state index in [-0.39, 0.29) is 23.8 Å². The lowest BCUT2D eigenvalue weighted by Gasteiger charge is -2.12. The first-order chi connectivity index (χ1) is 13.8. The highest BCUT2D eigenvalue weighted by molar-refractivity contribution is 9.10. The second-order valence-electron chi connectivity index (χ2n) is 6.23. The Balaban J connectivity index is 1.61. The van der Waals surface area contributed by atoms with Crippen LogP contribution in [0.1, 0.15) is 16.8 Å². The number of thioether (sulfide) groups is 1. The lowest BCUT2D eigenvalue weighted by molar-refractivity contribution is -0.136. The van der Waals surface area contributed by atoms with Gasteiger partial charge in [0.15, 0.2) is 6.61 Å². The number of nitrogens with one attached hydrogen (secondary N) is 1. The highest BCUT2D eigenvalue weighted by Gasteiger charge is 2.37. The molecule has 1 atom stereocenters. The molecule has 0 aliphatic carbocycles. The van der Waals surface area contributed by atoms with Gasteiger partial charge in [0.05, 0.1) is 10.8 Å². The fourth-order valence-electron chi connectivity index (χ4n) is 2.64. The molecule has 1 fully saturated rings. The van der Waals surface area contributed by atoms with Crippen LogP contribution in [0.3, 0.4) is 0 Å². The summed E-state index contributed by atoms with van der Waals surface area (Å²) in [5.41, 5.74) is 0.822. The number of anilines is 1. The highest BCUT2D eigenvalue weighted by Crippen LogP contribution is 2.33. The summed E-state index contributed by atoms with van der Waals surface area (Å²) in [5, 5.41) is 2.05. The summed E-state index contributed by atoms with van der Waals surface area (Å²) in [5.74, 6) is -1.69. The van der Waals surface area contributed by atoms with Gasteiger partial charge in [-0.05, 0) is 36.4 Å². The number of hydrogen-bond acceptors (Lipinski definition) is 6. The molecule has 0 aromatic heterocycles. The molecule has 29 heavy (non-hydrogen) atoms. The van der Waals surface area contributed by atoms with Crippen LogP contribution < -0.4 is 5.32 Å². The van der Waals surface area contributed by atoms with Crippen molar-refractivity contribution in [2.45, 2.75) is 16.6 Å². The van der Waals surface area contributed by atoms with Gasteiger partial charge < -0.3 is 10.1 Å². The summed E-state index contributed by atoms with van der Waals surface area (Å²) in [6, 6.07) is 13.6. The Morgan fingerprint density at radius 2 is 1.86 bits per heavy atom. The molecule has 1 aliphatic rings. The lowest BCUT2D eigenvalue weighted by atomic mass is 10.2. The lowest BCUT2D eigenvalue weighted by Crippen LogP contribution is -2.26. The maximum atomic E-state index is 12.5. The molecule has 1 saturated heterocycles. The molecule has 9 heteroatoms. The van der Waals surface area contributed by atoms with Crippen LogP contribution in [0.2, 0.25) is 0 Å². The van der Waals surface area contributed by atoms with Crippen molar-refractivity contribution in [1.29, 1.82) is 0 Å². The molecule has 0 saturated carbocycles. The number of hydrogen-bond donors (Lipinski definition) is 1. The van der Waals surface area contributed by atoms with Crippen molar-refractivity contribution in [3.63, 3.8) is 0 Å². The summed E-state index contributed by atoms with van der Waals surface area (Å²) < 4.78 is 6.00. The number of halogens is 1. The molecular weight excluding hydrogens is 460 g/mol. The summed E-state index contributed by atoms with van der Waals surface area (Å²) in [6.45, 7) is -0.447. The van der Waals surface area contributed by atoms with E-state index in [4.69, 9.17) is 4.74 Å². The number of likely N-dealkylation sites (tertiary alicyclic amines) is 1. The Morgan fingerprint density at radius 3 is 2.52 bits per heavy atom. The normalized spacial score (nSPS) is 16.1. The minimum atomic E-state index is -0.677. The first-order valence-corrected chi connectivity index (χ1v) is 10.3. The zero-order valence-corrected chi connectivity index (χ0v) is 17.8. The fraction of sp³-hybridized carbons (Fsp3) is 0.200. The molecule has 1 heterocycles. The van der Waals surface area contributed by atoms with E-state index in [2.05, 4.69) is 21.2 Å². The summed E-state index contributed by atoms with van der Waals surface area (Å²) in [6.07, 6.45) is 0.0823. The number of ether oxygens (including phenoxy) is 1. The first kappa shape index (κ1) is 21.1. The predicted octanol–water partition coefficient (Wildman–Crippen LogP) is 3.09. The van der Waals surface area contributed by atoms with Gasteiger partial charge in [0.25, 0.3) is 5.91 Å². The van der Waals surface area contributed by atoms with Crippen molar-refractivity contribution >= 4 is 57.1 Å². The standard InChI is InChI=1S/C20H17BrN2O5S/c1-23-18(25)10-16(19(23)26)29-15-5-3-2-4-14(15)20(27)28-11-17(24)22-13-8-6-12(21)7-9-13/h2-9,16H,10-11H2,1H3,(H,22,24). The number of esters is 1. The number of rotatable bonds is 6. The van der Waals surface area contributed by atoms with Crippen LogP contribution in [0.4, 0.5) is 5.69 Å². The van der Waals surface area contributed by atoms with E-state index in [1.165, 1.54) is 7.05 Å². The Bertz CT molecular complexity index is 964. The van der Waals surface area contributed by atoms with E-state index in [1.807, 2.05) is 0 Å². The smallest absolute Gasteiger partial charge is 0.339 e. The average Bonchev–Trinajstić information content (AvgIpc) is 2.95. The third-order valence-corrected chi connectivity index (χ3v) is 5.97. The fourth-order valence-corrected chi connectivity index (χ4v) is 4.14. The van der Waals surface area contributed by atoms with Gasteiger partial charge in [0.1, 0.15) is 0 Å². The van der Waals surface area contributed by atoms with E-state index in [0.29, 0.717) is 10.6 Å². The van der Waals surface area contributed by atoms with Crippen LogP contribution in [0, 0.1) is 0 Å². The molecule has 0 spiro atoms. The second-order valence-corrected chi connectivity index (χ2v) is 8.39. The molecule has 3 amide bonds. The third kappa shape index (κ3) is 5.24. The Hall–Kier alpha value is -2.65. The van der Waals surface area contributed by atoms with Gasteiger partial charge in [-0.2, -0.15) is 0 Å². The van der Waals surface area contributed by atoms with Crippen molar-refractivity contribution in [3.05, 3.63) is 58.6 Å². The molecule has 1 unspecified atom stereocenters. The maximum Gasteiger partial charge on any atom is 0.339 e. The zero-order valence-electron chi connectivity index (χ0n) is 15.4. The van der Waals surface area contributed by atoms with Crippen molar-refractivity contribution in [2.75, 3.05) is 19.0 Å². The van der Waals surface area contributed by atoms with E-state index in [9.17, 15) is 19.2 Å². The van der Waals surface area contributed by atoms with Crippen molar-refractivity contribution in [1.82, 2.24) is 4.90 Å². The minimum absolute atomic E-state index is 0.0823. The second kappa shape index (κ2) is 9.23.